The van der Waals surface area contributed by atoms with Crippen LogP contribution in [0.5, 0.6) is 0 Å². The molecule has 1 aliphatic heterocycles. The van der Waals surface area contributed by atoms with E-state index in [2.05, 4.69) is 71.9 Å². The fourth-order valence-electron chi connectivity index (χ4n) is 9.95. The summed E-state index contributed by atoms with van der Waals surface area (Å²) in [7, 11) is 0. The molecule has 2 saturated carbocycles. The van der Waals surface area contributed by atoms with E-state index in [1.807, 2.05) is 73.7 Å². The number of rotatable bonds is 18. The van der Waals surface area contributed by atoms with Crippen molar-refractivity contribution in [1.29, 1.82) is 0 Å². The summed E-state index contributed by atoms with van der Waals surface area (Å²) < 4.78 is 0.993. The summed E-state index contributed by atoms with van der Waals surface area (Å²) in [6.45, 7) is 21.5. The minimum absolute atomic E-state index is 0.0102. The molecule has 3 unspecified atom stereocenters. The van der Waals surface area contributed by atoms with Crippen LogP contribution in [0.4, 0.5) is 5.00 Å². The number of nitrogens with zero attached hydrogens (tertiary/aromatic N) is 1. The smallest absolute Gasteiger partial charge is 0.202 e. The lowest BCUT2D eigenvalue weighted by Crippen LogP contribution is -2.28. The number of piperidine rings is 1. The predicted molar refractivity (Wildman–Crippen MR) is 394 cm³/mol. The topological polar surface area (TPSA) is 199 Å². The van der Waals surface area contributed by atoms with Crippen molar-refractivity contribution in [1.82, 2.24) is 0 Å². The molecule has 3 fully saturated rings. The van der Waals surface area contributed by atoms with Crippen molar-refractivity contribution in [3.05, 3.63) is 313 Å². The highest BCUT2D eigenvalue weighted by atomic mass is 79.9. The van der Waals surface area contributed by atoms with E-state index < -0.39 is 18.3 Å². The van der Waals surface area contributed by atoms with Crippen LogP contribution in [0.2, 0.25) is 0 Å². The van der Waals surface area contributed by atoms with E-state index >= 15 is 0 Å². The van der Waals surface area contributed by atoms with Crippen molar-refractivity contribution in [2.24, 2.45) is 0 Å². The van der Waals surface area contributed by atoms with Crippen molar-refractivity contribution in [2.45, 2.75) is 82.0 Å². The molecule has 5 aromatic heterocycles. The largest absolute Gasteiger partial charge is 0.508 e. The van der Waals surface area contributed by atoms with Gasteiger partial charge >= 0.3 is 0 Å². The van der Waals surface area contributed by atoms with Crippen LogP contribution in [0.3, 0.4) is 0 Å². The molecule has 3 atom stereocenters. The first kappa shape index (κ1) is 70.1. The van der Waals surface area contributed by atoms with E-state index in [1.54, 1.807) is 131 Å². The monoisotopic (exact) mass is 1410 g/mol. The number of aliphatic hydroxyl groups excluding tert-OH is 8. The van der Waals surface area contributed by atoms with Crippen molar-refractivity contribution >= 4 is 118 Å². The molecule has 5 aromatic carbocycles. The molecule has 8 N–H and O–H groups in total. The molecule has 3 aliphatic rings. The first-order valence-electron chi connectivity index (χ1n) is 30.5. The van der Waals surface area contributed by atoms with Gasteiger partial charge in [-0.25, -0.2) is 0 Å². The van der Waals surface area contributed by atoms with Crippen molar-refractivity contribution in [3.8, 4) is 0 Å². The molecule has 94 heavy (non-hydrogen) atoms. The Morgan fingerprint density at radius 2 is 0.723 bits per heavy atom. The summed E-state index contributed by atoms with van der Waals surface area (Å²) in [6.07, 6.45) is 7.05. The summed E-state index contributed by atoms with van der Waals surface area (Å²) in [4.78, 5) is 35.0. The number of halogens is 1. The lowest BCUT2D eigenvalue weighted by atomic mass is 10.1. The minimum atomic E-state index is -0.632. The minimum Gasteiger partial charge on any atom is -0.508 e. The summed E-state index contributed by atoms with van der Waals surface area (Å²) in [5.74, 6) is 1.63. The van der Waals surface area contributed by atoms with E-state index in [0.29, 0.717) is 44.9 Å². The van der Waals surface area contributed by atoms with E-state index in [-0.39, 0.29) is 40.4 Å². The van der Waals surface area contributed by atoms with Gasteiger partial charge in [-0.1, -0.05) is 154 Å². The molecule has 484 valence electrons. The zero-order valence-corrected chi connectivity index (χ0v) is 57.5. The highest BCUT2D eigenvalue weighted by Gasteiger charge is 2.28. The van der Waals surface area contributed by atoms with E-state index in [1.165, 1.54) is 82.4 Å². The Bertz CT molecular complexity index is 4240. The van der Waals surface area contributed by atoms with Crippen LogP contribution in [0.1, 0.15) is 179 Å². The Morgan fingerprint density at radius 1 is 0.394 bits per heavy atom. The maximum absolute atomic E-state index is 12.3. The maximum atomic E-state index is 12.3. The maximum Gasteiger partial charge on any atom is 0.202 e. The van der Waals surface area contributed by atoms with E-state index in [0.717, 1.165) is 68.7 Å². The van der Waals surface area contributed by atoms with Crippen LogP contribution in [-0.4, -0.2) is 65.5 Å². The van der Waals surface area contributed by atoms with Gasteiger partial charge < -0.3 is 45.8 Å². The van der Waals surface area contributed by atoms with E-state index in [4.69, 9.17) is 0 Å². The number of benzene rings is 5. The van der Waals surface area contributed by atoms with Crippen LogP contribution < -0.4 is 4.90 Å². The first-order chi connectivity index (χ1) is 45.1. The molecular formula is C77H74BrNO10S5. The quantitative estimate of drug-likeness (QED) is 0.0300. The van der Waals surface area contributed by atoms with Crippen molar-refractivity contribution < 1.29 is 50.4 Å². The highest BCUT2D eigenvalue weighted by molar-refractivity contribution is 9.11. The van der Waals surface area contributed by atoms with Crippen LogP contribution in [0.25, 0.3) is 28.8 Å². The second-order valence-corrected chi connectivity index (χ2v) is 30.0. The number of ketones is 2. The van der Waals surface area contributed by atoms with Gasteiger partial charge in [-0.2, -0.15) is 0 Å². The van der Waals surface area contributed by atoms with Gasteiger partial charge in [0.05, 0.1) is 18.5 Å². The molecule has 6 heterocycles. The van der Waals surface area contributed by atoms with Crippen LogP contribution in [0.15, 0.2) is 219 Å². The number of carbonyl (C=O) groups excluding carboxylic acids is 2. The van der Waals surface area contributed by atoms with Gasteiger partial charge in [0.2, 0.25) is 11.6 Å². The zero-order chi connectivity index (χ0) is 67.2. The average Bonchev–Trinajstić information content (AvgIpc) is 1.73. The molecule has 1 saturated heterocycles. The third-order valence-electron chi connectivity index (χ3n) is 15.7. The van der Waals surface area contributed by atoms with Gasteiger partial charge in [0, 0.05) is 81.3 Å². The van der Waals surface area contributed by atoms with Gasteiger partial charge in [0.1, 0.15) is 47.1 Å². The molecule has 0 spiro atoms. The summed E-state index contributed by atoms with van der Waals surface area (Å²) >= 11 is 11.3. The SMILES string of the molecule is C=C(O)c1ccc(C(=O)c2ccc(C)s2)cc1.C=C(O)c1ccc(C(=O)c2ccc(C3CC3)s2)cc1.C=C(O)c1ccc(C(O)c2ccc(Br)s2)cc1.C=C(O)c1ccc(C(O)c2ccc(C3CC3)s2)cc1.C=C(O)c1ccc(C(O)c2ccc(N3CCCCC3)s2)cc1. The molecule has 0 radical (unpaired) electrons. The lowest BCUT2D eigenvalue weighted by molar-refractivity contribution is 0.103. The third-order valence-corrected chi connectivity index (χ3v) is 22.2. The molecule has 0 amide bonds. The Morgan fingerprint density at radius 3 is 1.10 bits per heavy atom. The fourth-order valence-corrected chi connectivity index (χ4v) is 15.6. The molecule has 17 heteroatoms. The molecule has 10 aromatic rings. The Kier molecular flexibility index (Phi) is 24.4. The second-order valence-electron chi connectivity index (χ2n) is 22.9. The standard InChI is InChI=1S/C18H21NO2S.C16H16O2S.C16H14O2S.C14H12O2S.C13H11BrO2S/c1-13(20)14-5-7-15(8-6-14)18(21)16-9-10-17(22-16)19-11-3-2-4-12-19;2*1-10(17)11-2-6-13(7-3-11)16(18)15-9-8-14(19-15)12-4-5-12;1-9-3-8-13(17-9)14(16)12-6-4-11(5-7-12)10(2)15;1-8(15)9-2-4-10(5-3-9)13(16)11-6-7-12(14)17-11/h5-10,18,20-21H,1-4,11-12H2;2-3,6-9,12,16-18H,1,4-5H2;2-3,6-9,12,17H,1,4-5H2;3-8,15H,2H2,1H3;2-7,13,15-16H,1H2. The van der Waals surface area contributed by atoms with Gasteiger partial charge in [-0.05, 0) is 157 Å². The first-order valence-corrected chi connectivity index (χ1v) is 35.4. The van der Waals surface area contributed by atoms with Gasteiger partial charge in [-0.3, -0.25) is 9.59 Å². The summed E-state index contributed by atoms with van der Waals surface area (Å²) in [5.41, 5.74) is 7.03. The Labute approximate surface area is 577 Å². The highest BCUT2D eigenvalue weighted by Crippen LogP contribution is 2.45. The van der Waals surface area contributed by atoms with Crippen molar-refractivity contribution in [2.75, 3.05) is 18.0 Å². The normalized spacial score (nSPS) is 14.1. The van der Waals surface area contributed by atoms with Crippen molar-refractivity contribution in [3.63, 3.8) is 0 Å². The number of thiophene rings is 5. The number of hydrogen-bond donors (Lipinski definition) is 8. The lowest BCUT2D eigenvalue weighted by Gasteiger charge is -2.27. The Hall–Kier alpha value is -8.20. The number of carbonyl (C=O) groups is 2. The number of aliphatic hydroxyl groups is 8. The Balaban J connectivity index is 0.000000139. The van der Waals surface area contributed by atoms with Crippen LogP contribution in [-0.2, 0) is 0 Å². The molecule has 2 aliphatic carbocycles. The zero-order valence-electron chi connectivity index (χ0n) is 51.9. The number of hydrogen-bond acceptors (Lipinski definition) is 16. The number of anilines is 1. The fraction of sp³-hybridized carbons (Fsp3) is 0.195. The van der Waals surface area contributed by atoms with Gasteiger partial charge in [0.15, 0.2) is 0 Å². The third kappa shape index (κ3) is 19.2. The number of aryl methyl sites for hydroxylation is 1. The van der Waals surface area contributed by atoms with E-state index in [9.17, 15) is 50.4 Å². The molecular weight excluding hydrogens is 1340 g/mol. The molecule has 13 rings (SSSR count). The summed E-state index contributed by atoms with van der Waals surface area (Å²) in [5, 5.41) is 78.6. The van der Waals surface area contributed by atoms with Crippen LogP contribution >= 0.6 is 72.6 Å². The average molecular weight is 1410 g/mol. The predicted octanol–water partition coefficient (Wildman–Crippen LogP) is 20.9. The van der Waals surface area contributed by atoms with Crippen LogP contribution in [0, 0.1) is 6.92 Å². The summed E-state index contributed by atoms with van der Waals surface area (Å²) in [6, 6.07) is 55.0. The van der Waals surface area contributed by atoms with Gasteiger partial charge in [-0.15, -0.1) is 56.7 Å². The molecule has 11 nitrogen and oxygen atoms in total. The van der Waals surface area contributed by atoms with Gasteiger partial charge in [0.25, 0.3) is 0 Å². The molecule has 0 bridgehead atoms. The second kappa shape index (κ2) is 32.8.